The summed E-state index contributed by atoms with van der Waals surface area (Å²) in [5.41, 5.74) is 2.27. The molecule has 9 heteroatoms. The Hall–Kier alpha value is -2.94. The average Bonchev–Trinajstić information content (AvgIpc) is 3.12. The number of ketones is 1. The molecule has 144 valence electrons. The van der Waals surface area contributed by atoms with Crippen molar-refractivity contribution in [2.24, 2.45) is 0 Å². The topological polar surface area (TPSA) is 95.7 Å². The smallest absolute Gasteiger partial charge is 0.316 e. The van der Waals surface area contributed by atoms with Crippen LogP contribution in [-0.4, -0.2) is 51.3 Å². The zero-order valence-corrected chi connectivity index (χ0v) is 16.2. The molecule has 2 heterocycles. The number of esters is 1. The number of hydrogen-bond donors (Lipinski definition) is 0. The van der Waals surface area contributed by atoms with Crippen LogP contribution in [0.15, 0.2) is 35.6 Å². The fourth-order valence-corrected chi connectivity index (χ4v) is 3.99. The Bertz CT molecular complexity index is 1070. The number of ether oxygens (including phenoxy) is 2. The van der Waals surface area contributed by atoms with Crippen molar-refractivity contribution in [3.8, 4) is 5.75 Å². The van der Waals surface area contributed by atoms with E-state index in [0.717, 1.165) is 11.3 Å². The fourth-order valence-electron chi connectivity index (χ4n) is 3.33. The van der Waals surface area contributed by atoms with Gasteiger partial charge in [-0.15, -0.1) is 5.10 Å². The van der Waals surface area contributed by atoms with E-state index in [0.29, 0.717) is 35.0 Å². The first-order chi connectivity index (χ1) is 13.6. The maximum atomic E-state index is 12.8. The number of methoxy groups -OCH3 is 2. The number of benzene rings is 1. The highest BCUT2D eigenvalue weighted by Gasteiger charge is 2.30. The van der Waals surface area contributed by atoms with E-state index in [1.165, 1.54) is 23.4 Å². The Labute approximate surface area is 165 Å². The number of carbonyl (C=O) groups is 2. The summed E-state index contributed by atoms with van der Waals surface area (Å²) in [4.78, 5) is 33.0. The highest BCUT2D eigenvalue weighted by Crippen LogP contribution is 2.36. The molecular formula is C19H18N4O4S. The molecule has 0 amide bonds. The summed E-state index contributed by atoms with van der Waals surface area (Å²) < 4.78 is 11.6. The standard InChI is InChI=1S/C19H18N4O4S/c1-26-16-6-4-3-5-12(16)11-7-14-13(15(24)8-11)9-23-18(20-14)21-19(22-23)28-10-17(25)27-2/h3-6,9,11H,7-8,10H2,1-2H3. The minimum atomic E-state index is -0.356. The molecule has 28 heavy (non-hydrogen) atoms. The molecule has 1 unspecified atom stereocenters. The van der Waals surface area contributed by atoms with Gasteiger partial charge in [-0.3, -0.25) is 9.59 Å². The average molecular weight is 398 g/mol. The first kappa shape index (κ1) is 18.4. The van der Waals surface area contributed by atoms with E-state index in [2.05, 4.69) is 19.8 Å². The van der Waals surface area contributed by atoms with Crippen LogP contribution < -0.4 is 4.74 Å². The Morgan fingerprint density at radius 3 is 2.86 bits per heavy atom. The Kier molecular flexibility index (Phi) is 4.99. The van der Waals surface area contributed by atoms with Gasteiger partial charge in [-0.05, 0) is 18.1 Å². The number of para-hydroxylation sites is 1. The molecule has 2 aromatic heterocycles. The van der Waals surface area contributed by atoms with Crippen molar-refractivity contribution >= 4 is 29.3 Å². The van der Waals surface area contributed by atoms with Crippen molar-refractivity contribution in [1.29, 1.82) is 0 Å². The van der Waals surface area contributed by atoms with Crippen LogP contribution in [0, 0.1) is 0 Å². The molecule has 0 spiro atoms. The van der Waals surface area contributed by atoms with E-state index in [4.69, 9.17) is 4.74 Å². The van der Waals surface area contributed by atoms with Crippen LogP contribution in [0.1, 0.15) is 34.0 Å². The van der Waals surface area contributed by atoms with Crippen LogP contribution in [0.4, 0.5) is 0 Å². The van der Waals surface area contributed by atoms with Crippen LogP contribution in [-0.2, 0) is 16.0 Å². The number of hydrogen-bond acceptors (Lipinski definition) is 8. The third kappa shape index (κ3) is 3.45. The van der Waals surface area contributed by atoms with Crippen LogP contribution in [0.2, 0.25) is 0 Å². The minimum absolute atomic E-state index is 0.00203. The van der Waals surface area contributed by atoms with Gasteiger partial charge in [0.1, 0.15) is 5.75 Å². The lowest BCUT2D eigenvalue weighted by molar-refractivity contribution is -0.137. The van der Waals surface area contributed by atoms with Crippen LogP contribution in [0.25, 0.3) is 5.78 Å². The van der Waals surface area contributed by atoms with Gasteiger partial charge in [-0.1, -0.05) is 30.0 Å². The number of carbonyl (C=O) groups excluding carboxylic acids is 2. The van der Waals surface area contributed by atoms with Gasteiger partial charge < -0.3 is 9.47 Å². The number of fused-ring (bicyclic) bond motifs is 2. The number of rotatable bonds is 5. The molecule has 0 saturated heterocycles. The molecule has 0 saturated carbocycles. The maximum absolute atomic E-state index is 12.8. The van der Waals surface area contributed by atoms with Crippen molar-refractivity contribution in [3.63, 3.8) is 0 Å². The van der Waals surface area contributed by atoms with Crippen molar-refractivity contribution in [2.75, 3.05) is 20.0 Å². The first-order valence-electron chi connectivity index (χ1n) is 8.71. The lowest BCUT2D eigenvalue weighted by Crippen LogP contribution is -2.21. The molecule has 0 N–H and O–H groups in total. The predicted molar refractivity (Wildman–Crippen MR) is 102 cm³/mol. The van der Waals surface area contributed by atoms with Gasteiger partial charge in [0, 0.05) is 18.5 Å². The molecule has 0 bridgehead atoms. The molecule has 1 aliphatic carbocycles. The van der Waals surface area contributed by atoms with E-state index in [1.807, 2.05) is 24.3 Å². The van der Waals surface area contributed by atoms with Crippen LogP contribution >= 0.6 is 11.8 Å². The van der Waals surface area contributed by atoms with Crippen LogP contribution in [0.3, 0.4) is 0 Å². The quantitative estimate of drug-likeness (QED) is 0.477. The highest BCUT2D eigenvalue weighted by molar-refractivity contribution is 7.99. The predicted octanol–water partition coefficient (Wildman–Crippen LogP) is 2.31. The van der Waals surface area contributed by atoms with E-state index < -0.39 is 0 Å². The number of thioether (sulfide) groups is 1. The maximum Gasteiger partial charge on any atom is 0.316 e. The molecule has 0 radical (unpaired) electrons. The molecule has 3 aromatic rings. The first-order valence-corrected chi connectivity index (χ1v) is 9.69. The summed E-state index contributed by atoms with van der Waals surface area (Å²) in [6.07, 6.45) is 2.68. The second kappa shape index (κ2) is 7.59. The Balaban J connectivity index is 1.65. The molecule has 0 aliphatic heterocycles. The molecule has 4 rings (SSSR count). The normalized spacial score (nSPS) is 16.1. The summed E-state index contributed by atoms with van der Waals surface area (Å²) in [6.45, 7) is 0. The molecule has 1 atom stereocenters. The summed E-state index contributed by atoms with van der Waals surface area (Å²) in [6, 6.07) is 7.73. The SMILES string of the molecule is COC(=O)CSc1nc2nc3c(cn2n1)C(=O)CC(c1ccccc1OC)C3. The Morgan fingerprint density at radius 2 is 2.07 bits per heavy atom. The summed E-state index contributed by atoms with van der Waals surface area (Å²) in [5, 5.41) is 4.70. The summed E-state index contributed by atoms with van der Waals surface area (Å²) in [7, 11) is 2.96. The summed E-state index contributed by atoms with van der Waals surface area (Å²) in [5.74, 6) is 0.953. The lowest BCUT2D eigenvalue weighted by Gasteiger charge is -2.24. The van der Waals surface area contributed by atoms with E-state index in [-0.39, 0.29) is 23.4 Å². The zero-order chi connectivity index (χ0) is 19.7. The number of nitrogens with zero attached hydrogens (tertiary/aromatic N) is 4. The highest BCUT2D eigenvalue weighted by atomic mass is 32.2. The lowest BCUT2D eigenvalue weighted by atomic mass is 9.82. The van der Waals surface area contributed by atoms with E-state index in [1.54, 1.807) is 13.3 Å². The van der Waals surface area contributed by atoms with Gasteiger partial charge in [0.2, 0.25) is 5.16 Å². The third-order valence-corrected chi connectivity index (χ3v) is 5.50. The van der Waals surface area contributed by atoms with Crippen molar-refractivity contribution < 1.29 is 19.1 Å². The van der Waals surface area contributed by atoms with Gasteiger partial charge >= 0.3 is 5.97 Å². The van der Waals surface area contributed by atoms with Crippen molar-refractivity contribution in [3.05, 3.63) is 47.3 Å². The van der Waals surface area contributed by atoms with Gasteiger partial charge in [0.25, 0.3) is 5.78 Å². The van der Waals surface area contributed by atoms with Gasteiger partial charge in [0.15, 0.2) is 5.78 Å². The fraction of sp³-hybridized carbons (Fsp3) is 0.316. The van der Waals surface area contributed by atoms with Crippen molar-refractivity contribution in [1.82, 2.24) is 19.6 Å². The molecule has 0 fully saturated rings. The number of aromatic nitrogens is 4. The zero-order valence-electron chi connectivity index (χ0n) is 15.4. The van der Waals surface area contributed by atoms with E-state index >= 15 is 0 Å². The van der Waals surface area contributed by atoms with E-state index in [9.17, 15) is 9.59 Å². The van der Waals surface area contributed by atoms with Crippen molar-refractivity contribution in [2.45, 2.75) is 23.9 Å². The van der Waals surface area contributed by atoms with Gasteiger partial charge in [-0.25, -0.2) is 9.50 Å². The third-order valence-electron chi connectivity index (χ3n) is 4.69. The Morgan fingerprint density at radius 1 is 1.25 bits per heavy atom. The molecular weight excluding hydrogens is 380 g/mol. The molecule has 1 aromatic carbocycles. The molecule has 1 aliphatic rings. The van der Waals surface area contributed by atoms with Gasteiger partial charge in [-0.2, -0.15) is 4.98 Å². The monoisotopic (exact) mass is 398 g/mol. The molecule has 8 nitrogen and oxygen atoms in total. The second-order valence-corrected chi connectivity index (χ2v) is 7.32. The minimum Gasteiger partial charge on any atom is -0.496 e. The largest absolute Gasteiger partial charge is 0.496 e. The summed E-state index contributed by atoms with van der Waals surface area (Å²) >= 11 is 1.17. The van der Waals surface area contributed by atoms with Crippen LogP contribution in [0.5, 0.6) is 5.75 Å². The van der Waals surface area contributed by atoms with Gasteiger partial charge in [0.05, 0.1) is 31.2 Å². The number of Topliss-reactive ketones (excluding diaryl/α,β-unsaturated/α-hetero) is 1. The second-order valence-electron chi connectivity index (χ2n) is 6.38.